The first kappa shape index (κ1) is 20.7. The van der Waals surface area contributed by atoms with Gasteiger partial charge in [-0.2, -0.15) is 18.2 Å². The number of unbranched alkanes of at least 4 members (excludes halogenated alkanes) is 1. The number of hydrogen-bond acceptors (Lipinski definition) is 4. The van der Waals surface area contributed by atoms with Gasteiger partial charge in [0.25, 0.3) is 0 Å². The van der Waals surface area contributed by atoms with Crippen molar-refractivity contribution in [1.82, 2.24) is 9.88 Å². The number of halogens is 3. The van der Waals surface area contributed by atoms with Crippen molar-refractivity contribution >= 4 is 11.7 Å². The Labute approximate surface area is 173 Å². The molecule has 0 aliphatic carbocycles. The number of amides is 1. The molecule has 5 nitrogen and oxygen atoms in total. The lowest BCUT2D eigenvalue weighted by molar-refractivity contribution is -0.138. The van der Waals surface area contributed by atoms with Crippen molar-refractivity contribution in [3.05, 3.63) is 52.6 Å². The van der Waals surface area contributed by atoms with Crippen LogP contribution in [-0.4, -0.2) is 35.5 Å². The summed E-state index contributed by atoms with van der Waals surface area (Å²) in [5.74, 6) is 1.04. The lowest BCUT2D eigenvalue weighted by atomic mass is 9.94. The van der Waals surface area contributed by atoms with Crippen LogP contribution >= 0.6 is 0 Å². The molecule has 1 aromatic heterocycles. The topological polar surface area (TPSA) is 54.5 Å². The van der Waals surface area contributed by atoms with Crippen LogP contribution in [0.1, 0.15) is 41.5 Å². The van der Waals surface area contributed by atoms with E-state index in [4.69, 9.17) is 4.74 Å². The Morgan fingerprint density at radius 2 is 1.93 bits per heavy atom. The maximum absolute atomic E-state index is 13.2. The summed E-state index contributed by atoms with van der Waals surface area (Å²) in [7, 11) is 0. The Morgan fingerprint density at radius 3 is 2.77 bits per heavy atom. The molecule has 1 amide bonds. The predicted octanol–water partition coefficient (Wildman–Crippen LogP) is 4.20. The second kappa shape index (κ2) is 8.63. The molecule has 0 bridgehead atoms. The molecule has 30 heavy (non-hydrogen) atoms. The summed E-state index contributed by atoms with van der Waals surface area (Å²) in [5.41, 5.74) is 1.73. The molecule has 0 spiro atoms. The van der Waals surface area contributed by atoms with E-state index >= 15 is 0 Å². The Kier molecular flexibility index (Phi) is 5.94. The van der Waals surface area contributed by atoms with Crippen LogP contribution in [0.4, 0.5) is 19.0 Å². The average molecular weight is 419 g/mol. The maximum atomic E-state index is 13.2. The van der Waals surface area contributed by atoms with Gasteiger partial charge in [-0.15, -0.1) is 0 Å². The van der Waals surface area contributed by atoms with Crippen molar-refractivity contribution in [2.45, 2.75) is 44.8 Å². The number of hydrogen-bond donors (Lipinski definition) is 1. The zero-order valence-corrected chi connectivity index (χ0v) is 16.6. The number of carbonyl (C=O) groups excluding carboxylic acids is 1. The van der Waals surface area contributed by atoms with E-state index in [0.717, 1.165) is 30.5 Å². The highest BCUT2D eigenvalue weighted by molar-refractivity contribution is 5.92. The molecule has 0 atom stereocenters. The number of nitrogens with zero attached hydrogens (tertiary/aromatic N) is 2. The van der Waals surface area contributed by atoms with Gasteiger partial charge < -0.3 is 10.1 Å². The molecule has 2 aromatic rings. The van der Waals surface area contributed by atoms with Gasteiger partial charge in [-0.3, -0.25) is 9.69 Å². The van der Waals surface area contributed by atoms with E-state index in [1.807, 2.05) is 12.1 Å². The summed E-state index contributed by atoms with van der Waals surface area (Å²) in [6, 6.07) is 8.20. The van der Waals surface area contributed by atoms with Crippen molar-refractivity contribution in [3.8, 4) is 5.88 Å². The molecule has 160 valence electrons. The Bertz CT molecular complexity index is 930. The van der Waals surface area contributed by atoms with Crippen molar-refractivity contribution in [1.29, 1.82) is 0 Å². The van der Waals surface area contributed by atoms with Crippen LogP contribution in [0.3, 0.4) is 0 Å². The minimum absolute atomic E-state index is 0.0300. The fourth-order valence-electron chi connectivity index (χ4n) is 4.04. The van der Waals surface area contributed by atoms with Crippen molar-refractivity contribution in [2.75, 3.05) is 25.0 Å². The number of rotatable bonds is 6. The van der Waals surface area contributed by atoms with Gasteiger partial charge in [-0.1, -0.05) is 12.1 Å². The third kappa shape index (κ3) is 4.75. The standard InChI is InChI=1S/C22H24F3N3O2/c23-22(24,25)18-5-3-4-16-14-28(12-10-17(16)18)11-1-2-13-30-20-9-7-15-6-8-19(29)26-21(15)27-20/h3-5,7,9H,1-2,6,8,10-14H2,(H,26,27,29). The molecule has 0 unspecified atom stereocenters. The zero-order chi connectivity index (χ0) is 21.1. The van der Waals surface area contributed by atoms with E-state index in [1.54, 1.807) is 6.07 Å². The number of fused-ring (bicyclic) bond motifs is 2. The number of alkyl halides is 3. The number of carbonyl (C=O) groups is 1. The third-order valence-corrected chi connectivity index (χ3v) is 5.60. The lowest BCUT2D eigenvalue weighted by Gasteiger charge is -2.30. The predicted molar refractivity (Wildman–Crippen MR) is 106 cm³/mol. The Balaban J connectivity index is 1.23. The van der Waals surface area contributed by atoms with Crippen molar-refractivity contribution in [3.63, 3.8) is 0 Å². The van der Waals surface area contributed by atoms with Gasteiger partial charge in [0.05, 0.1) is 12.2 Å². The second-order valence-corrected chi connectivity index (χ2v) is 7.73. The van der Waals surface area contributed by atoms with E-state index in [1.165, 1.54) is 12.1 Å². The van der Waals surface area contributed by atoms with Crippen LogP contribution in [0.5, 0.6) is 5.88 Å². The van der Waals surface area contributed by atoms with Crippen LogP contribution in [0.25, 0.3) is 0 Å². The van der Waals surface area contributed by atoms with Gasteiger partial charge in [0.1, 0.15) is 5.82 Å². The molecule has 4 rings (SSSR count). The lowest BCUT2D eigenvalue weighted by Crippen LogP contribution is -2.32. The molecule has 2 aliphatic heterocycles. The minimum Gasteiger partial charge on any atom is -0.478 e. The summed E-state index contributed by atoms with van der Waals surface area (Å²) >= 11 is 0. The number of aryl methyl sites for hydroxylation is 1. The highest BCUT2D eigenvalue weighted by Crippen LogP contribution is 2.35. The molecule has 0 saturated carbocycles. The summed E-state index contributed by atoms with van der Waals surface area (Å²) in [5, 5.41) is 2.76. The van der Waals surface area contributed by atoms with E-state index in [-0.39, 0.29) is 5.91 Å². The van der Waals surface area contributed by atoms with Gasteiger partial charge in [0.15, 0.2) is 0 Å². The van der Waals surface area contributed by atoms with E-state index in [0.29, 0.717) is 56.2 Å². The van der Waals surface area contributed by atoms with Crippen LogP contribution in [0.15, 0.2) is 30.3 Å². The van der Waals surface area contributed by atoms with Gasteiger partial charge in [0, 0.05) is 25.6 Å². The number of anilines is 1. The molecule has 1 aromatic carbocycles. The van der Waals surface area contributed by atoms with Gasteiger partial charge in [0.2, 0.25) is 11.8 Å². The highest BCUT2D eigenvalue weighted by Gasteiger charge is 2.35. The highest BCUT2D eigenvalue weighted by atomic mass is 19.4. The SMILES string of the molecule is O=C1CCc2ccc(OCCCCN3CCc4c(cccc4C(F)(F)F)C3)nc2N1. The molecule has 0 radical (unpaired) electrons. The number of nitrogens with one attached hydrogen (secondary N) is 1. The van der Waals surface area contributed by atoms with Crippen molar-refractivity contribution in [2.24, 2.45) is 0 Å². The first-order valence-electron chi connectivity index (χ1n) is 10.2. The van der Waals surface area contributed by atoms with E-state index < -0.39 is 11.7 Å². The van der Waals surface area contributed by atoms with Crippen LogP contribution in [-0.2, 0) is 30.4 Å². The number of aromatic nitrogens is 1. The molecule has 0 saturated heterocycles. The number of ether oxygens (including phenoxy) is 1. The molecule has 3 heterocycles. The van der Waals surface area contributed by atoms with E-state index in [2.05, 4.69) is 15.2 Å². The van der Waals surface area contributed by atoms with Crippen molar-refractivity contribution < 1.29 is 22.7 Å². The molecular weight excluding hydrogens is 395 g/mol. The molecular formula is C22H24F3N3O2. The smallest absolute Gasteiger partial charge is 0.416 e. The van der Waals surface area contributed by atoms with Gasteiger partial charge in [-0.05, 0) is 61.1 Å². The number of pyridine rings is 1. The fourth-order valence-corrected chi connectivity index (χ4v) is 4.04. The normalized spacial score (nSPS) is 16.6. The fraction of sp³-hybridized carbons (Fsp3) is 0.455. The minimum atomic E-state index is -4.29. The van der Waals surface area contributed by atoms with Crippen LogP contribution in [0.2, 0.25) is 0 Å². The first-order chi connectivity index (χ1) is 14.4. The molecule has 1 N–H and O–H groups in total. The molecule has 8 heteroatoms. The van der Waals surface area contributed by atoms with Gasteiger partial charge >= 0.3 is 6.18 Å². The summed E-state index contributed by atoms with van der Waals surface area (Å²) in [6.07, 6.45) is -0.997. The van der Waals surface area contributed by atoms with Gasteiger partial charge in [-0.25, -0.2) is 0 Å². The molecule has 0 fully saturated rings. The largest absolute Gasteiger partial charge is 0.478 e. The Morgan fingerprint density at radius 1 is 1.07 bits per heavy atom. The van der Waals surface area contributed by atoms with Crippen LogP contribution in [0, 0.1) is 0 Å². The monoisotopic (exact) mass is 419 g/mol. The number of benzene rings is 1. The molecule has 2 aliphatic rings. The first-order valence-corrected chi connectivity index (χ1v) is 10.2. The Hall–Kier alpha value is -2.61. The summed E-state index contributed by atoms with van der Waals surface area (Å²) in [6.45, 7) is 2.49. The zero-order valence-electron chi connectivity index (χ0n) is 16.6. The van der Waals surface area contributed by atoms with Crippen LogP contribution < -0.4 is 10.1 Å². The summed E-state index contributed by atoms with van der Waals surface area (Å²) in [4.78, 5) is 18.0. The average Bonchev–Trinajstić information content (AvgIpc) is 2.72. The maximum Gasteiger partial charge on any atom is 0.416 e. The summed E-state index contributed by atoms with van der Waals surface area (Å²) < 4.78 is 45.2. The third-order valence-electron chi connectivity index (χ3n) is 5.60. The quantitative estimate of drug-likeness (QED) is 0.713. The second-order valence-electron chi connectivity index (χ2n) is 7.73. The van der Waals surface area contributed by atoms with E-state index in [9.17, 15) is 18.0 Å².